The summed E-state index contributed by atoms with van der Waals surface area (Å²) < 4.78 is 12.3. The lowest BCUT2D eigenvalue weighted by Gasteiger charge is -2.32. The molecule has 0 amide bonds. The van der Waals surface area contributed by atoms with E-state index in [0.717, 1.165) is 29.6 Å². The van der Waals surface area contributed by atoms with Crippen LogP contribution in [0.5, 0.6) is 0 Å². The van der Waals surface area contributed by atoms with E-state index >= 15 is 0 Å². The first-order chi connectivity index (χ1) is 9.30. The second-order valence-corrected chi connectivity index (χ2v) is 6.80. The Balaban J connectivity index is 1.96. The van der Waals surface area contributed by atoms with Crippen molar-refractivity contribution in [3.05, 3.63) is 34.6 Å². The molecule has 1 aromatic rings. The number of hydrogen-bond donors (Lipinski definition) is 0. The predicted octanol–water partition coefficient (Wildman–Crippen LogP) is 3.70. The average Bonchev–Trinajstić information content (AvgIpc) is 2.57. The first kappa shape index (κ1) is 14.1. The number of halogens is 1. The molecule has 5 heteroatoms. The molecule has 0 unspecified atom stereocenters. The number of aryl methyl sites for hydroxylation is 1. The summed E-state index contributed by atoms with van der Waals surface area (Å²) in [5, 5.41) is 0.541. The molecule has 1 aliphatic carbocycles. The maximum Gasteiger partial charge on any atom is 0.495 e. The van der Waals surface area contributed by atoms with Crippen molar-refractivity contribution in [2.24, 2.45) is 0 Å². The summed E-state index contributed by atoms with van der Waals surface area (Å²) in [5.74, 6) is 0. The van der Waals surface area contributed by atoms with Gasteiger partial charge in [-0.25, -0.2) is 4.98 Å². The molecule has 3 rings (SSSR count). The first-order valence-corrected chi connectivity index (χ1v) is 7.39. The van der Waals surface area contributed by atoms with Gasteiger partial charge in [-0.2, -0.15) is 0 Å². The van der Waals surface area contributed by atoms with Crippen LogP contribution in [0.2, 0.25) is 5.15 Å². The molecule has 20 heavy (non-hydrogen) atoms. The number of fused-ring (bicyclic) bond motifs is 1. The molecule has 1 saturated heterocycles. The fourth-order valence-corrected chi connectivity index (χ4v) is 2.76. The van der Waals surface area contributed by atoms with Crippen LogP contribution in [-0.2, 0) is 15.7 Å². The molecular formula is C15H19BClNO2. The van der Waals surface area contributed by atoms with Gasteiger partial charge in [-0.3, -0.25) is 0 Å². The zero-order valence-electron chi connectivity index (χ0n) is 12.4. The Kier molecular flexibility index (Phi) is 3.24. The molecule has 0 N–H and O–H groups in total. The van der Waals surface area contributed by atoms with E-state index in [0.29, 0.717) is 5.15 Å². The second kappa shape index (κ2) is 4.59. The average molecular weight is 292 g/mol. The molecule has 106 valence electrons. The van der Waals surface area contributed by atoms with Crippen molar-refractivity contribution in [2.75, 3.05) is 0 Å². The summed E-state index contributed by atoms with van der Waals surface area (Å²) in [6.07, 6.45) is 4.05. The van der Waals surface area contributed by atoms with E-state index in [4.69, 9.17) is 20.9 Å². The Bertz CT molecular complexity index is 567. The minimum Gasteiger partial charge on any atom is -0.399 e. The van der Waals surface area contributed by atoms with Crippen molar-refractivity contribution < 1.29 is 9.31 Å². The van der Waals surface area contributed by atoms with Gasteiger partial charge in [0, 0.05) is 5.69 Å². The number of nitrogens with zero attached hydrogens (tertiary/aromatic N) is 1. The van der Waals surface area contributed by atoms with Crippen LogP contribution in [0.4, 0.5) is 0 Å². The number of allylic oxidation sites excluding steroid dienone is 1. The van der Waals surface area contributed by atoms with E-state index in [-0.39, 0.29) is 18.3 Å². The highest BCUT2D eigenvalue weighted by Crippen LogP contribution is 2.42. The van der Waals surface area contributed by atoms with Crippen LogP contribution in [0.3, 0.4) is 0 Å². The SMILES string of the molecule is CC1(C)OB(C2=CCCc3nc(Cl)ccc32)OC1(C)C. The molecule has 1 aliphatic heterocycles. The number of hydrogen-bond acceptors (Lipinski definition) is 3. The minimum atomic E-state index is -0.331. The number of rotatable bonds is 1. The van der Waals surface area contributed by atoms with E-state index < -0.39 is 0 Å². The molecular weight excluding hydrogens is 272 g/mol. The van der Waals surface area contributed by atoms with E-state index in [1.54, 1.807) is 0 Å². The molecule has 3 nitrogen and oxygen atoms in total. The normalized spacial score (nSPS) is 23.4. The topological polar surface area (TPSA) is 31.4 Å². The van der Waals surface area contributed by atoms with Gasteiger partial charge >= 0.3 is 7.12 Å². The van der Waals surface area contributed by atoms with Crippen molar-refractivity contribution >= 4 is 24.2 Å². The van der Waals surface area contributed by atoms with Gasteiger partial charge in [-0.15, -0.1) is 0 Å². The van der Waals surface area contributed by atoms with Crippen LogP contribution in [0.25, 0.3) is 5.47 Å². The maximum atomic E-state index is 6.14. The van der Waals surface area contributed by atoms with Crippen LogP contribution in [0.15, 0.2) is 18.2 Å². The highest BCUT2D eigenvalue weighted by Gasteiger charge is 2.52. The molecule has 0 bridgehead atoms. The summed E-state index contributed by atoms with van der Waals surface area (Å²) in [5.41, 5.74) is 2.56. The molecule has 0 saturated carbocycles. The molecule has 0 aromatic carbocycles. The summed E-state index contributed by atoms with van der Waals surface area (Å²) in [6.45, 7) is 8.27. The van der Waals surface area contributed by atoms with Crippen molar-refractivity contribution in [3.63, 3.8) is 0 Å². The molecule has 0 atom stereocenters. The Morgan fingerprint density at radius 1 is 1.15 bits per heavy atom. The quantitative estimate of drug-likeness (QED) is 0.584. The summed E-state index contributed by atoms with van der Waals surface area (Å²) in [4.78, 5) is 4.42. The minimum absolute atomic E-state index is 0.323. The van der Waals surface area contributed by atoms with Gasteiger partial charge < -0.3 is 9.31 Å². The smallest absolute Gasteiger partial charge is 0.399 e. The summed E-state index contributed by atoms with van der Waals surface area (Å²) >= 11 is 5.98. The van der Waals surface area contributed by atoms with E-state index in [1.165, 1.54) is 0 Å². The lowest BCUT2D eigenvalue weighted by Crippen LogP contribution is -2.41. The van der Waals surface area contributed by atoms with Gasteiger partial charge in [-0.1, -0.05) is 23.7 Å². The fraction of sp³-hybridized carbons (Fsp3) is 0.533. The zero-order valence-corrected chi connectivity index (χ0v) is 13.1. The maximum absolute atomic E-state index is 6.14. The molecule has 0 spiro atoms. The Labute approximate surface area is 125 Å². The van der Waals surface area contributed by atoms with Gasteiger partial charge in [0.05, 0.1) is 11.2 Å². The second-order valence-electron chi connectivity index (χ2n) is 6.41. The van der Waals surface area contributed by atoms with Gasteiger partial charge in [0.2, 0.25) is 0 Å². The molecule has 1 fully saturated rings. The molecule has 1 aromatic heterocycles. The van der Waals surface area contributed by atoms with Crippen LogP contribution in [0, 0.1) is 0 Å². The third-order valence-corrected chi connectivity index (χ3v) is 4.71. The monoisotopic (exact) mass is 291 g/mol. The molecule has 2 aliphatic rings. The molecule has 2 heterocycles. The lowest BCUT2D eigenvalue weighted by molar-refractivity contribution is 0.00578. The van der Waals surface area contributed by atoms with Gasteiger partial charge in [0.25, 0.3) is 0 Å². The summed E-state index contributed by atoms with van der Waals surface area (Å²) in [6, 6.07) is 3.84. The first-order valence-electron chi connectivity index (χ1n) is 7.02. The zero-order chi connectivity index (χ0) is 14.5. The summed E-state index contributed by atoms with van der Waals surface area (Å²) in [7, 11) is -0.331. The van der Waals surface area contributed by atoms with E-state index in [9.17, 15) is 0 Å². The Morgan fingerprint density at radius 3 is 2.45 bits per heavy atom. The van der Waals surface area contributed by atoms with Crippen molar-refractivity contribution in [3.8, 4) is 0 Å². The van der Waals surface area contributed by atoms with Crippen LogP contribution in [0.1, 0.15) is 45.4 Å². The fourth-order valence-electron chi connectivity index (χ4n) is 2.60. The largest absolute Gasteiger partial charge is 0.495 e. The van der Waals surface area contributed by atoms with Gasteiger partial charge in [0.15, 0.2) is 0 Å². The third-order valence-electron chi connectivity index (χ3n) is 4.50. The highest BCUT2D eigenvalue weighted by atomic mass is 35.5. The van der Waals surface area contributed by atoms with Crippen molar-refractivity contribution in [1.29, 1.82) is 0 Å². The Hall–Kier alpha value is -0.835. The predicted molar refractivity (Wildman–Crippen MR) is 81.6 cm³/mol. The third kappa shape index (κ3) is 2.20. The lowest BCUT2D eigenvalue weighted by atomic mass is 9.71. The van der Waals surface area contributed by atoms with Crippen LogP contribution < -0.4 is 0 Å². The van der Waals surface area contributed by atoms with Gasteiger partial charge in [-0.05, 0) is 57.6 Å². The Morgan fingerprint density at radius 2 is 1.80 bits per heavy atom. The molecule has 0 radical (unpaired) electrons. The number of aromatic nitrogens is 1. The van der Waals surface area contributed by atoms with Crippen molar-refractivity contribution in [2.45, 2.75) is 51.7 Å². The number of pyridine rings is 1. The van der Waals surface area contributed by atoms with Crippen molar-refractivity contribution in [1.82, 2.24) is 4.98 Å². The van der Waals surface area contributed by atoms with Gasteiger partial charge in [0.1, 0.15) is 5.15 Å². The standard InChI is InChI=1S/C15H19BClNO2/c1-14(2)15(3,4)20-16(19-14)11-6-5-7-12-10(11)8-9-13(17)18-12/h6,8-9H,5,7H2,1-4H3. The van der Waals surface area contributed by atoms with Crippen LogP contribution >= 0.6 is 11.6 Å². The van der Waals surface area contributed by atoms with E-state index in [1.807, 2.05) is 12.1 Å². The van der Waals surface area contributed by atoms with Crippen LogP contribution in [-0.4, -0.2) is 23.3 Å². The van der Waals surface area contributed by atoms with E-state index in [2.05, 4.69) is 38.8 Å². The highest BCUT2D eigenvalue weighted by molar-refractivity contribution is 6.69.